The molecule has 25 heavy (non-hydrogen) atoms. The molecule has 0 spiro atoms. The van der Waals surface area contributed by atoms with E-state index in [0.717, 1.165) is 28.8 Å². The molecule has 1 atom stereocenters. The van der Waals surface area contributed by atoms with Gasteiger partial charge in [-0.3, -0.25) is 9.59 Å². The Morgan fingerprint density at radius 3 is 2.64 bits per heavy atom. The van der Waals surface area contributed by atoms with Gasteiger partial charge >= 0.3 is 5.97 Å². The summed E-state index contributed by atoms with van der Waals surface area (Å²) >= 11 is 0. The van der Waals surface area contributed by atoms with Crippen LogP contribution in [0.3, 0.4) is 0 Å². The van der Waals surface area contributed by atoms with Crippen LogP contribution in [-0.4, -0.2) is 18.4 Å². The number of amides is 1. The average molecular weight is 337 g/mol. The zero-order valence-corrected chi connectivity index (χ0v) is 14.9. The SMILES string of the molecule is CCc1ccccc1N1C[C@H](C(=O)Oc2ccc(C)c(C)c2)CC1=O. The van der Waals surface area contributed by atoms with Gasteiger partial charge in [0.05, 0.1) is 5.92 Å². The van der Waals surface area contributed by atoms with Crippen LogP contribution in [0.4, 0.5) is 5.69 Å². The smallest absolute Gasteiger partial charge is 0.316 e. The molecule has 0 N–H and O–H groups in total. The molecule has 2 aromatic rings. The van der Waals surface area contributed by atoms with E-state index in [1.54, 1.807) is 11.0 Å². The van der Waals surface area contributed by atoms with E-state index in [4.69, 9.17) is 4.74 Å². The number of para-hydroxylation sites is 1. The molecule has 0 unspecified atom stereocenters. The quantitative estimate of drug-likeness (QED) is 0.629. The Kier molecular flexibility index (Phi) is 4.88. The second-order valence-corrected chi connectivity index (χ2v) is 6.55. The number of aryl methyl sites for hydroxylation is 3. The Bertz CT molecular complexity index is 813. The number of benzene rings is 2. The number of nitrogens with zero attached hydrogens (tertiary/aromatic N) is 1. The molecule has 3 rings (SSSR count). The fourth-order valence-corrected chi connectivity index (χ4v) is 3.15. The number of hydrogen-bond acceptors (Lipinski definition) is 3. The largest absolute Gasteiger partial charge is 0.426 e. The summed E-state index contributed by atoms with van der Waals surface area (Å²) in [6, 6.07) is 13.4. The van der Waals surface area contributed by atoms with Crippen molar-refractivity contribution in [1.29, 1.82) is 0 Å². The summed E-state index contributed by atoms with van der Waals surface area (Å²) in [4.78, 5) is 26.6. The van der Waals surface area contributed by atoms with E-state index < -0.39 is 5.92 Å². The topological polar surface area (TPSA) is 46.6 Å². The third-order valence-electron chi connectivity index (χ3n) is 4.82. The predicted molar refractivity (Wildman–Crippen MR) is 97.8 cm³/mol. The normalized spacial score (nSPS) is 17.0. The second-order valence-electron chi connectivity index (χ2n) is 6.55. The second kappa shape index (κ2) is 7.09. The van der Waals surface area contributed by atoms with Crippen LogP contribution in [0.1, 0.15) is 30.0 Å². The highest BCUT2D eigenvalue weighted by Gasteiger charge is 2.37. The lowest BCUT2D eigenvalue weighted by Crippen LogP contribution is -2.28. The van der Waals surface area contributed by atoms with Crippen molar-refractivity contribution in [2.24, 2.45) is 5.92 Å². The summed E-state index contributed by atoms with van der Waals surface area (Å²) in [5.41, 5.74) is 4.24. The lowest BCUT2D eigenvalue weighted by molar-refractivity contribution is -0.139. The standard InChI is InChI=1S/C21H23NO3/c1-4-16-7-5-6-8-19(16)22-13-17(12-20(22)23)21(24)25-18-10-9-14(2)15(3)11-18/h5-11,17H,4,12-13H2,1-3H3/t17-/m1/s1. The summed E-state index contributed by atoms with van der Waals surface area (Å²) in [6.45, 7) is 6.43. The number of rotatable bonds is 4. The lowest BCUT2D eigenvalue weighted by atomic mass is 10.1. The number of carbonyl (C=O) groups is 2. The van der Waals surface area contributed by atoms with Gasteiger partial charge in [-0.05, 0) is 55.2 Å². The fourth-order valence-electron chi connectivity index (χ4n) is 3.15. The Morgan fingerprint density at radius 2 is 1.92 bits per heavy atom. The molecule has 1 heterocycles. The molecule has 0 saturated carbocycles. The van der Waals surface area contributed by atoms with Crippen molar-refractivity contribution in [3.63, 3.8) is 0 Å². The molecule has 130 valence electrons. The van der Waals surface area contributed by atoms with Gasteiger partial charge in [0.2, 0.25) is 5.91 Å². The van der Waals surface area contributed by atoms with Gasteiger partial charge in [0.15, 0.2) is 0 Å². The fraction of sp³-hybridized carbons (Fsp3) is 0.333. The van der Waals surface area contributed by atoms with Crippen LogP contribution in [0.5, 0.6) is 5.75 Å². The van der Waals surface area contributed by atoms with Gasteiger partial charge in [0.25, 0.3) is 0 Å². The Morgan fingerprint density at radius 1 is 1.16 bits per heavy atom. The maximum atomic E-state index is 12.5. The lowest BCUT2D eigenvalue weighted by Gasteiger charge is -2.19. The third kappa shape index (κ3) is 3.58. The molecular formula is C21H23NO3. The maximum Gasteiger partial charge on any atom is 0.316 e. The molecule has 0 aromatic heterocycles. The minimum Gasteiger partial charge on any atom is -0.426 e. The van der Waals surface area contributed by atoms with Crippen LogP contribution in [-0.2, 0) is 16.0 Å². The number of hydrogen-bond donors (Lipinski definition) is 0. The van der Waals surface area contributed by atoms with Gasteiger partial charge in [0, 0.05) is 18.7 Å². The molecule has 1 aliphatic rings. The highest BCUT2D eigenvalue weighted by Crippen LogP contribution is 2.29. The summed E-state index contributed by atoms with van der Waals surface area (Å²) in [6.07, 6.45) is 1.04. The zero-order valence-electron chi connectivity index (χ0n) is 14.9. The highest BCUT2D eigenvalue weighted by atomic mass is 16.5. The van der Waals surface area contributed by atoms with Crippen molar-refractivity contribution in [1.82, 2.24) is 0 Å². The van der Waals surface area contributed by atoms with Gasteiger partial charge in [-0.25, -0.2) is 0 Å². The summed E-state index contributed by atoms with van der Waals surface area (Å²) in [5, 5.41) is 0. The van der Waals surface area contributed by atoms with Crippen molar-refractivity contribution in [3.05, 3.63) is 59.2 Å². The minimum atomic E-state index is -0.431. The number of ether oxygens (including phenoxy) is 1. The van der Waals surface area contributed by atoms with Crippen molar-refractivity contribution >= 4 is 17.6 Å². The highest BCUT2D eigenvalue weighted by molar-refractivity contribution is 6.00. The molecule has 0 aliphatic carbocycles. The maximum absolute atomic E-state index is 12.5. The van der Waals surface area contributed by atoms with Crippen molar-refractivity contribution < 1.29 is 14.3 Å². The Labute approximate surface area is 148 Å². The van der Waals surface area contributed by atoms with Gasteiger partial charge in [0.1, 0.15) is 5.75 Å². The molecule has 0 bridgehead atoms. The molecular weight excluding hydrogens is 314 g/mol. The van der Waals surface area contributed by atoms with E-state index in [0.29, 0.717) is 12.3 Å². The van der Waals surface area contributed by atoms with Gasteiger partial charge in [-0.15, -0.1) is 0 Å². The zero-order chi connectivity index (χ0) is 18.0. The molecule has 0 radical (unpaired) electrons. The predicted octanol–water partition coefficient (Wildman–Crippen LogP) is 3.82. The van der Waals surface area contributed by atoms with Crippen molar-refractivity contribution in [2.75, 3.05) is 11.4 Å². The van der Waals surface area contributed by atoms with Gasteiger partial charge < -0.3 is 9.64 Å². The van der Waals surface area contributed by atoms with E-state index in [9.17, 15) is 9.59 Å². The average Bonchev–Trinajstić information content (AvgIpc) is 3.00. The summed E-state index contributed by atoms with van der Waals surface area (Å²) in [5.74, 6) is -0.261. The van der Waals surface area contributed by atoms with Crippen LogP contribution in [0.15, 0.2) is 42.5 Å². The Balaban J connectivity index is 1.73. The first-order valence-electron chi connectivity index (χ1n) is 8.66. The van der Waals surface area contributed by atoms with Gasteiger partial charge in [-0.2, -0.15) is 0 Å². The van der Waals surface area contributed by atoms with Crippen molar-refractivity contribution in [3.8, 4) is 5.75 Å². The van der Waals surface area contributed by atoms with E-state index in [-0.39, 0.29) is 18.3 Å². The first-order valence-corrected chi connectivity index (χ1v) is 8.66. The first kappa shape index (κ1) is 17.2. The summed E-state index contributed by atoms with van der Waals surface area (Å²) < 4.78 is 5.51. The molecule has 4 heteroatoms. The van der Waals surface area contributed by atoms with Crippen molar-refractivity contribution in [2.45, 2.75) is 33.6 Å². The number of esters is 1. The Hall–Kier alpha value is -2.62. The monoisotopic (exact) mass is 337 g/mol. The van der Waals surface area contributed by atoms with Gasteiger partial charge in [-0.1, -0.05) is 31.2 Å². The number of anilines is 1. The van der Waals surface area contributed by atoms with E-state index in [1.165, 1.54) is 0 Å². The van der Waals surface area contributed by atoms with Crippen LogP contribution >= 0.6 is 0 Å². The minimum absolute atomic E-state index is 0.0251. The number of carbonyl (C=O) groups excluding carboxylic acids is 2. The molecule has 1 fully saturated rings. The van der Waals surface area contributed by atoms with Crippen LogP contribution in [0, 0.1) is 19.8 Å². The first-order chi connectivity index (χ1) is 12.0. The third-order valence-corrected chi connectivity index (χ3v) is 4.82. The summed E-state index contributed by atoms with van der Waals surface area (Å²) in [7, 11) is 0. The molecule has 1 aliphatic heterocycles. The van der Waals surface area contributed by atoms with E-state index in [1.807, 2.05) is 50.2 Å². The molecule has 2 aromatic carbocycles. The van der Waals surface area contributed by atoms with Crippen LogP contribution in [0.2, 0.25) is 0 Å². The molecule has 1 amide bonds. The van der Waals surface area contributed by atoms with Crippen LogP contribution in [0.25, 0.3) is 0 Å². The molecule has 1 saturated heterocycles. The van der Waals surface area contributed by atoms with E-state index in [2.05, 4.69) is 6.92 Å². The molecule has 4 nitrogen and oxygen atoms in total. The van der Waals surface area contributed by atoms with E-state index >= 15 is 0 Å². The van der Waals surface area contributed by atoms with Crippen LogP contribution < -0.4 is 9.64 Å².